The maximum absolute atomic E-state index is 6.03. The molecule has 1 unspecified atom stereocenters. The SMILES string of the molecule is CN(C)NC1CCSc2ccc(Cl)cc21. The minimum atomic E-state index is 0.398. The van der Waals surface area contributed by atoms with Crippen molar-refractivity contribution in [2.45, 2.75) is 17.4 Å². The number of hydrogen-bond acceptors (Lipinski definition) is 3. The Hall–Kier alpha value is -0.220. The minimum Gasteiger partial charge on any atom is -0.250 e. The summed E-state index contributed by atoms with van der Waals surface area (Å²) in [5, 5.41) is 2.83. The molecule has 1 heterocycles. The largest absolute Gasteiger partial charge is 0.250 e. The number of hydrogen-bond donors (Lipinski definition) is 1. The molecule has 82 valence electrons. The zero-order chi connectivity index (χ0) is 10.8. The molecule has 1 aliphatic heterocycles. The standard InChI is InChI=1S/C11H15ClN2S/c1-14(2)13-10-5-6-15-11-4-3-8(12)7-9(10)11/h3-4,7,10,13H,5-6H2,1-2H3. The van der Waals surface area contributed by atoms with Crippen LogP contribution in [0.4, 0.5) is 0 Å². The molecule has 4 heteroatoms. The third-order valence-electron chi connectivity index (χ3n) is 2.43. The second-order valence-electron chi connectivity index (χ2n) is 3.90. The molecule has 0 amide bonds. The van der Waals surface area contributed by atoms with E-state index in [0.29, 0.717) is 6.04 Å². The van der Waals surface area contributed by atoms with Gasteiger partial charge in [0.1, 0.15) is 0 Å². The molecule has 0 saturated heterocycles. The van der Waals surface area contributed by atoms with Crippen LogP contribution < -0.4 is 5.43 Å². The quantitative estimate of drug-likeness (QED) is 0.803. The average molecular weight is 243 g/mol. The second-order valence-corrected chi connectivity index (χ2v) is 5.47. The Bertz CT molecular complexity index is 354. The lowest BCUT2D eigenvalue weighted by Crippen LogP contribution is -2.35. The number of nitrogens with zero attached hydrogens (tertiary/aromatic N) is 1. The van der Waals surface area contributed by atoms with Crippen LogP contribution in [0.3, 0.4) is 0 Å². The number of nitrogens with one attached hydrogen (secondary N) is 1. The normalized spacial score (nSPS) is 20.4. The molecule has 0 radical (unpaired) electrons. The molecule has 0 spiro atoms. The fraction of sp³-hybridized carbons (Fsp3) is 0.455. The van der Waals surface area contributed by atoms with E-state index in [-0.39, 0.29) is 0 Å². The van der Waals surface area contributed by atoms with Gasteiger partial charge in [-0.15, -0.1) is 11.8 Å². The predicted octanol–water partition coefficient (Wildman–Crippen LogP) is 2.94. The third kappa shape index (κ3) is 2.67. The highest BCUT2D eigenvalue weighted by Gasteiger charge is 2.20. The molecule has 0 aliphatic carbocycles. The number of halogens is 1. The zero-order valence-electron chi connectivity index (χ0n) is 8.96. The van der Waals surface area contributed by atoms with Crippen molar-refractivity contribution in [1.82, 2.24) is 10.4 Å². The van der Waals surface area contributed by atoms with Crippen LogP contribution in [0.5, 0.6) is 0 Å². The van der Waals surface area contributed by atoms with E-state index in [2.05, 4.69) is 17.6 Å². The van der Waals surface area contributed by atoms with Crippen molar-refractivity contribution in [1.29, 1.82) is 0 Å². The number of thioether (sulfide) groups is 1. The van der Waals surface area contributed by atoms with Gasteiger partial charge in [-0.25, -0.2) is 5.43 Å². The summed E-state index contributed by atoms with van der Waals surface area (Å²) < 4.78 is 0. The molecule has 1 aliphatic rings. The smallest absolute Gasteiger partial charge is 0.0484 e. The summed E-state index contributed by atoms with van der Waals surface area (Å²) in [5.74, 6) is 1.17. The van der Waals surface area contributed by atoms with Crippen LogP contribution in [-0.2, 0) is 0 Å². The van der Waals surface area contributed by atoms with Crippen LogP contribution in [0, 0.1) is 0 Å². The molecule has 1 aromatic carbocycles. The van der Waals surface area contributed by atoms with Crippen molar-refractivity contribution in [3.05, 3.63) is 28.8 Å². The monoisotopic (exact) mass is 242 g/mol. The highest BCUT2D eigenvalue weighted by Crippen LogP contribution is 2.37. The maximum atomic E-state index is 6.03. The summed E-state index contributed by atoms with van der Waals surface area (Å²) in [6.45, 7) is 0. The Morgan fingerprint density at radius 3 is 3.00 bits per heavy atom. The Kier molecular flexibility index (Phi) is 3.57. The van der Waals surface area contributed by atoms with Crippen molar-refractivity contribution >= 4 is 23.4 Å². The first-order valence-electron chi connectivity index (χ1n) is 5.02. The molecule has 0 bridgehead atoms. The summed E-state index contributed by atoms with van der Waals surface area (Å²) in [7, 11) is 4.04. The van der Waals surface area contributed by atoms with Crippen LogP contribution >= 0.6 is 23.4 Å². The van der Waals surface area contributed by atoms with Gasteiger partial charge in [-0.2, -0.15) is 0 Å². The third-order valence-corrected chi connectivity index (χ3v) is 3.78. The lowest BCUT2D eigenvalue weighted by atomic mass is 10.0. The van der Waals surface area contributed by atoms with Crippen LogP contribution in [0.25, 0.3) is 0 Å². The summed E-state index contributed by atoms with van der Waals surface area (Å²) in [6.07, 6.45) is 1.15. The number of fused-ring (bicyclic) bond motifs is 1. The first-order chi connectivity index (χ1) is 7.16. The molecule has 1 aromatic rings. The summed E-state index contributed by atoms with van der Waals surface area (Å²) >= 11 is 7.94. The fourth-order valence-corrected chi connectivity index (χ4v) is 3.10. The van der Waals surface area contributed by atoms with Gasteiger partial charge < -0.3 is 0 Å². The molecule has 15 heavy (non-hydrogen) atoms. The van der Waals surface area contributed by atoms with E-state index in [1.807, 2.05) is 36.9 Å². The van der Waals surface area contributed by atoms with Crippen molar-refractivity contribution in [3.63, 3.8) is 0 Å². The molecule has 0 fully saturated rings. The fourth-order valence-electron chi connectivity index (χ4n) is 1.81. The van der Waals surface area contributed by atoms with Gasteiger partial charge in [0.05, 0.1) is 0 Å². The zero-order valence-corrected chi connectivity index (χ0v) is 10.5. The summed E-state index contributed by atoms with van der Waals surface area (Å²) in [5.41, 5.74) is 4.75. The van der Waals surface area contributed by atoms with E-state index in [1.165, 1.54) is 16.2 Å². The average Bonchev–Trinajstić information content (AvgIpc) is 2.18. The van der Waals surface area contributed by atoms with E-state index >= 15 is 0 Å². The first-order valence-corrected chi connectivity index (χ1v) is 6.39. The van der Waals surface area contributed by atoms with Gasteiger partial charge in [0, 0.05) is 30.1 Å². The second kappa shape index (κ2) is 4.74. The van der Waals surface area contributed by atoms with Gasteiger partial charge in [-0.1, -0.05) is 11.6 Å². The minimum absolute atomic E-state index is 0.398. The molecule has 0 aromatic heterocycles. The maximum Gasteiger partial charge on any atom is 0.0484 e. The van der Waals surface area contributed by atoms with Crippen LogP contribution in [-0.4, -0.2) is 24.9 Å². The van der Waals surface area contributed by atoms with Gasteiger partial charge in [-0.3, -0.25) is 5.01 Å². The highest BCUT2D eigenvalue weighted by molar-refractivity contribution is 7.99. The Labute approximate surface area is 100.0 Å². The number of benzene rings is 1. The van der Waals surface area contributed by atoms with Crippen molar-refractivity contribution < 1.29 is 0 Å². The molecule has 2 rings (SSSR count). The number of hydrazine groups is 1. The molecular weight excluding hydrogens is 228 g/mol. The van der Waals surface area contributed by atoms with E-state index < -0.39 is 0 Å². The van der Waals surface area contributed by atoms with Gasteiger partial charge >= 0.3 is 0 Å². The summed E-state index contributed by atoms with van der Waals surface area (Å²) in [4.78, 5) is 1.35. The molecule has 1 N–H and O–H groups in total. The van der Waals surface area contributed by atoms with Crippen molar-refractivity contribution in [3.8, 4) is 0 Å². The molecule has 2 nitrogen and oxygen atoms in total. The lowest BCUT2D eigenvalue weighted by molar-refractivity contribution is 0.237. The van der Waals surface area contributed by atoms with E-state index in [0.717, 1.165) is 11.4 Å². The number of rotatable bonds is 2. The Balaban J connectivity index is 2.28. The van der Waals surface area contributed by atoms with Gasteiger partial charge in [-0.05, 0) is 35.9 Å². The van der Waals surface area contributed by atoms with Crippen LogP contribution in [0.1, 0.15) is 18.0 Å². The van der Waals surface area contributed by atoms with Gasteiger partial charge in [0.25, 0.3) is 0 Å². The van der Waals surface area contributed by atoms with Gasteiger partial charge in [0.2, 0.25) is 0 Å². The van der Waals surface area contributed by atoms with Crippen LogP contribution in [0.2, 0.25) is 5.02 Å². The molecule has 0 saturated carbocycles. The van der Waals surface area contributed by atoms with Crippen molar-refractivity contribution in [2.75, 3.05) is 19.8 Å². The first kappa shape index (κ1) is 11.3. The molecule has 1 atom stereocenters. The van der Waals surface area contributed by atoms with E-state index in [1.54, 1.807) is 0 Å². The van der Waals surface area contributed by atoms with E-state index in [9.17, 15) is 0 Å². The topological polar surface area (TPSA) is 15.3 Å². The van der Waals surface area contributed by atoms with Gasteiger partial charge in [0.15, 0.2) is 0 Å². The predicted molar refractivity (Wildman–Crippen MR) is 66.4 cm³/mol. The summed E-state index contributed by atoms with van der Waals surface area (Å²) in [6, 6.07) is 6.55. The van der Waals surface area contributed by atoms with Crippen LogP contribution in [0.15, 0.2) is 23.1 Å². The molecular formula is C11H15ClN2S. The Morgan fingerprint density at radius 2 is 2.27 bits per heavy atom. The highest BCUT2D eigenvalue weighted by atomic mass is 35.5. The van der Waals surface area contributed by atoms with Crippen molar-refractivity contribution in [2.24, 2.45) is 0 Å². The lowest BCUT2D eigenvalue weighted by Gasteiger charge is -2.28. The Morgan fingerprint density at radius 1 is 1.47 bits per heavy atom. The van der Waals surface area contributed by atoms with E-state index in [4.69, 9.17) is 11.6 Å².